The summed E-state index contributed by atoms with van der Waals surface area (Å²) in [5.41, 5.74) is 1.15. The smallest absolute Gasteiger partial charge is 0.134 e. The normalized spacial score (nSPS) is 10.9. The molecule has 2 aromatic carbocycles. The van der Waals surface area contributed by atoms with Crippen LogP contribution in [0, 0.1) is 0 Å². The van der Waals surface area contributed by atoms with E-state index in [-0.39, 0.29) is 0 Å². The molecule has 0 atom stereocenters. The Balaban J connectivity index is 2.12. The standard InChI is InChI=1S/C16H15NO/c1-17-11-13-9-10-16(18-13)15-8-4-6-12-5-2-3-7-14(12)15/h2-10,17H,11H2,1H3. The van der Waals surface area contributed by atoms with Crippen molar-refractivity contribution in [2.45, 2.75) is 6.54 Å². The molecular formula is C16H15NO. The summed E-state index contributed by atoms with van der Waals surface area (Å²) in [5, 5.41) is 5.56. The van der Waals surface area contributed by atoms with Crippen LogP contribution < -0.4 is 5.32 Å². The summed E-state index contributed by atoms with van der Waals surface area (Å²) in [6, 6.07) is 18.7. The Kier molecular flexibility index (Phi) is 2.87. The van der Waals surface area contributed by atoms with Gasteiger partial charge in [0.05, 0.1) is 6.54 Å². The zero-order valence-electron chi connectivity index (χ0n) is 10.3. The van der Waals surface area contributed by atoms with Gasteiger partial charge in [-0.3, -0.25) is 0 Å². The van der Waals surface area contributed by atoms with E-state index in [1.807, 2.05) is 19.2 Å². The highest BCUT2D eigenvalue weighted by Gasteiger charge is 2.07. The van der Waals surface area contributed by atoms with Gasteiger partial charge in [-0.1, -0.05) is 42.5 Å². The average molecular weight is 237 g/mol. The average Bonchev–Trinajstić information content (AvgIpc) is 2.87. The molecular weight excluding hydrogens is 222 g/mol. The summed E-state index contributed by atoms with van der Waals surface area (Å²) in [6.07, 6.45) is 0. The maximum absolute atomic E-state index is 5.86. The lowest BCUT2D eigenvalue weighted by Crippen LogP contribution is -2.03. The van der Waals surface area contributed by atoms with Crippen molar-refractivity contribution >= 4 is 10.8 Å². The van der Waals surface area contributed by atoms with Crippen LogP contribution in [0.25, 0.3) is 22.1 Å². The van der Waals surface area contributed by atoms with Crippen LogP contribution in [0.15, 0.2) is 59.0 Å². The predicted molar refractivity (Wildman–Crippen MR) is 74.4 cm³/mol. The van der Waals surface area contributed by atoms with E-state index in [1.165, 1.54) is 10.8 Å². The fourth-order valence-electron chi connectivity index (χ4n) is 2.23. The lowest BCUT2D eigenvalue weighted by molar-refractivity contribution is 0.507. The minimum Gasteiger partial charge on any atom is -0.460 e. The molecule has 0 bridgehead atoms. The van der Waals surface area contributed by atoms with E-state index in [0.29, 0.717) is 0 Å². The van der Waals surface area contributed by atoms with Crippen molar-refractivity contribution < 1.29 is 4.42 Å². The third-order valence-corrected chi connectivity index (χ3v) is 3.07. The molecule has 90 valence electrons. The van der Waals surface area contributed by atoms with Gasteiger partial charge in [0.15, 0.2) is 0 Å². The third kappa shape index (κ3) is 1.91. The van der Waals surface area contributed by atoms with E-state index in [4.69, 9.17) is 4.42 Å². The zero-order chi connectivity index (χ0) is 12.4. The lowest BCUT2D eigenvalue weighted by Gasteiger charge is -2.03. The molecule has 0 unspecified atom stereocenters. The number of furan rings is 1. The first-order valence-corrected chi connectivity index (χ1v) is 6.10. The molecule has 0 saturated heterocycles. The predicted octanol–water partition coefficient (Wildman–Crippen LogP) is 3.82. The van der Waals surface area contributed by atoms with E-state index in [9.17, 15) is 0 Å². The number of hydrogen-bond donors (Lipinski definition) is 1. The molecule has 2 heteroatoms. The van der Waals surface area contributed by atoms with Crippen molar-refractivity contribution in [1.29, 1.82) is 0 Å². The number of nitrogens with one attached hydrogen (secondary N) is 1. The molecule has 1 aromatic heterocycles. The van der Waals surface area contributed by atoms with Crippen LogP contribution in [0.5, 0.6) is 0 Å². The summed E-state index contributed by atoms with van der Waals surface area (Å²) in [7, 11) is 1.92. The molecule has 2 nitrogen and oxygen atoms in total. The first-order valence-electron chi connectivity index (χ1n) is 6.10. The molecule has 1 heterocycles. The Morgan fingerprint density at radius 2 is 1.78 bits per heavy atom. The fourth-order valence-corrected chi connectivity index (χ4v) is 2.23. The zero-order valence-corrected chi connectivity index (χ0v) is 10.3. The monoisotopic (exact) mass is 237 g/mol. The Bertz CT molecular complexity index is 664. The number of hydrogen-bond acceptors (Lipinski definition) is 2. The summed E-state index contributed by atoms with van der Waals surface area (Å²) < 4.78 is 5.86. The highest BCUT2D eigenvalue weighted by molar-refractivity contribution is 5.95. The molecule has 1 N–H and O–H groups in total. The summed E-state index contributed by atoms with van der Waals surface area (Å²) in [6.45, 7) is 0.755. The van der Waals surface area contributed by atoms with Gasteiger partial charge in [0.2, 0.25) is 0 Å². The molecule has 3 rings (SSSR count). The van der Waals surface area contributed by atoms with Crippen LogP contribution in [0.2, 0.25) is 0 Å². The summed E-state index contributed by atoms with van der Waals surface area (Å²) in [4.78, 5) is 0. The molecule has 0 saturated carbocycles. The van der Waals surface area contributed by atoms with Gasteiger partial charge >= 0.3 is 0 Å². The maximum atomic E-state index is 5.86. The molecule has 0 aliphatic carbocycles. The fraction of sp³-hybridized carbons (Fsp3) is 0.125. The molecule has 0 aliphatic heterocycles. The van der Waals surface area contributed by atoms with Crippen molar-refractivity contribution in [2.24, 2.45) is 0 Å². The minimum atomic E-state index is 0.755. The van der Waals surface area contributed by atoms with E-state index < -0.39 is 0 Å². The van der Waals surface area contributed by atoms with Gasteiger partial charge in [-0.15, -0.1) is 0 Å². The van der Waals surface area contributed by atoms with Crippen LogP contribution in [-0.2, 0) is 6.54 Å². The van der Waals surface area contributed by atoms with Crippen LogP contribution in [0.4, 0.5) is 0 Å². The molecule has 0 fully saturated rings. The third-order valence-electron chi connectivity index (χ3n) is 3.07. The first-order chi connectivity index (χ1) is 8.88. The lowest BCUT2D eigenvalue weighted by atomic mass is 10.0. The topological polar surface area (TPSA) is 25.2 Å². The van der Waals surface area contributed by atoms with Gasteiger partial charge in [0.1, 0.15) is 11.5 Å². The van der Waals surface area contributed by atoms with Gasteiger partial charge in [-0.2, -0.15) is 0 Å². The summed E-state index contributed by atoms with van der Waals surface area (Å²) >= 11 is 0. The number of rotatable bonds is 3. The van der Waals surface area contributed by atoms with E-state index in [0.717, 1.165) is 23.6 Å². The second-order valence-electron chi connectivity index (χ2n) is 4.32. The first kappa shape index (κ1) is 11.1. The Hall–Kier alpha value is -2.06. The van der Waals surface area contributed by atoms with E-state index >= 15 is 0 Å². The highest BCUT2D eigenvalue weighted by Crippen LogP contribution is 2.29. The molecule has 0 spiro atoms. The van der Waals surface area contributed by atoms with Crippen molar-refractivity contribution in [1.82, 2.24) is 5.32 Å². The molecule has 0 aliphatic rings. The highest BCUT2D eigenvalue weighted by atomic mass is 16.3. The van der Waals surface area contributed by atoms with Crippen LogP contribution in [0.1, 0.15) is 5.76 Å². The quantitative estimate of drug-likeness (QED) is 0.749. The van der Waals surface area contributed by atoms with Gasteiger partial charge in [-0.05, 0) is 30.0 Å². The van der Waals surface area contributed by atoms with Gasteiger partial charge in [0, 0.05) is 5.56 Å². The van der Waals surface area contributed by atoms with Gasteiger partial charge in [0.25, 0.3) is 0 Å². The minimum absolute atomic E-state index is 0.755. The SMILES string of the molecule is CNCc1ccc(-c2cccc3ccccc23)o1. The van der Waals surface area contributed by atoms with Crippen LogP contribution in [-0.4, -0.2) is 7.05 Å². The largest absolute Gasteiger partial charge is 0.460 e. The van der Waals surface area contributed by atoms with Gasteiger partial charge in [-0.25, -0.2) is 0 Å². The van der Waals surface area contributed by atoms with Crippen LogP contribution in [0.3, 0.4) is 0 Å². The van der Waals surface area contributed by atoms with Crippen molar-refractivity contribution in [3.8, 4) is 11.3 Å². The maximum Gasteiger partial charge on any atom is 0.134 e. The molecule has 0 amide bonds. The molecule has 3 aromatic rings. The Labute approximate surface area is 106 Å². The summed E-state index contributed by atoms with van der Waals surface area (Å²) in [5.74, 6) is 1.89. The number of benzene rings is 2. The Morgan fingerprint density at radius 1 is 0.944 bits per heavy atom. The molecule has 0 radical (unpaired) electrons. The van der Waals surface area contributed by atoms with E-state index in [2.05, 4.69) is 47.8 Å². The van der Waals surface area contributed by atoms with Crippen molar-refractivity contribution in [2.75, 3.05) is 7.05 Å². The Morgan fingerprint density at radius 3 is 2.67 bits per heavy atom. The second kappa shape index (κ2) is 4.67. The van der Waals surface area contributed by atoms with Crippen LogP contribution >= 0.6 is 0 Å². The second-order valence-corrected chi connectivity index (χ2v) is 4.32. The van der Waals surface area contributed by atoms with Crippen molar-refractivity contribution in [3.05, 3.63) is 60.4 Å². The van der Waals surface area contributed by atoms with E-state index in [1.54, 1.807) is 0 Å². The molecule has 18 heavy (non-hydrogen) atoms. The van der Waals surface area contributed by atoms with Gasteiger partial charge < -0.3 is 9.73 Å². The number of fused-ring (bicyclic) bond motifs is 1. The van der Waals surface area contributed by atoms with Crippen molar-refractivity contribution in [3.63, 3.8) is 0 Å².